The number of ether oxygens (including phenoxy) is 1. The van der Waals surface area contributed by atoms with Gasteiger partial charge in [-0.3, -0.25) is 0 Å². The first kappa shape index (κ1) is 11.8. The number of nitrogens with one attached hydrogen (secondary N) is 1. The zero-order valence-corrected chi connectivity index (χ0v) is 10.5. The maximum atomic E-state index is 5.37. The zero-order chi connectivity index (χ0) is 13.2. The van der Waals surface area contributed by atoms with Crippen molar-refractivity contribution in [2.75, 3.05) is 20.2 Å². The van der Waals surface area contributed by atoms with E-state index in [0.29, 0.717) is 23.4 Å². The Morgan fingerprint density at radius 1 is 1.47 bits per heavy atom. The van der Waals surface area contributed by atoms with Gasteiger partial charge < -0.3 is 14.6 Å². The fourth-order valence-electron chi connectivity index (χ4n) is 1.94. The van der Waals surface area contributed by atoms with Crippen LogP contribution >= 0.6 is 0 Å². The fourth-order valence-corrected chi connectivity index (χ4v) is 1.94. The second-order valence-corrected chi connectivity index (χ2v) is 4.37. The summed E-state index contributed by atoms with van der Waals surface area (Å²) in [7, 11) is 1.59. The van der Waals surface area contributed by atoms with Gasteiger partial charge in [-0.25, -0.2) is 0 Å². The second-order valence-electron chi connectivity index (χ2n) is 4.37. The predicted molar refractivity (Wildman–Crippen MR) is 69.8 cm³/mol. The van der Waals surface area contributed by atoms with Gasteiger partial charge in [0.25, 0.3) is 0 Å². The van der Waals surface area contributed by atoms with Crippen LogP contribution in [0.2, 0.25) is 0 Å². The lowest BCUT2D eigenvalue weighted by atomic mass is 10.0. The molecule has 0 aliphatic carbocycles. The van der Waals surface area contributed by atoms with Gasteiger partial charge in [-0.05, 0) is 18.2 Å². The third kappa shape index (κ3) is 2.07. The van der Waals surface area contributed by atoms with E-state index in [-0.39, 0.29) is 0 Å². The standard InChI is InChI=1S/C14H13N3O2/c1-3-9-4-5-11(12(6-9)18-2)13-16-14(19-17-13)10-7-15-8-10/h1,4-6,10,15H,7-8H2,2H3. The maximum absolute atomic E-state index is 5.37. The number of methoxy groups -OCH3 is 1. The molecule has 96 valence electrons. The van der Waals surface area contributed by atoms with Crippen LogP contribution in [0.1, 0.15) is 17.4 Å². The highest BCUT2D eigenvalue weighted by Gasteiger charge is 2.25. The molecule has 0 atom stereocenters. The molecule has 1 aliphatic heterocycles. The molecule has 0 spiro atoms. The Bertz CT molecular complexity index is 638. The number of benzene rings is 1. The molecule has 0 radical (unpaired) electrons. The van der Waals surface area contributed by atoms with Gasteiger partial charge in [0.15, 0.2) is 0 Å². The van der Waals surface area contributed by atoms with Crippen LogP contribution in [0.25, 0.3) is 11.4 Å². The Balaban J connectivity index is 1.97. The number of aromatic nitrogens is 2. The lowest BCUT2D eigenvalue weighted by molar-refractivity contribution is 0.308. The highest BCUT2D eigenvalue weighted by atomic mass is 16.5. The number of hydrogen-bond acceptors (Lipinski definition) is 5. The van der Waals surface area contributed by atoms with Crippen LogP contribution in [0.3, 0.4) is 0 Å². The SMILES string of the molecule is C#Cc1ccc(-c2noc(C3CNC3)n2)c(OC)c1. The molecule has 1 aromatic carbocycles. The molecule has 1 fully saturated rings. The molecule has 1 saturated heterocycles. The van der Waals surface area contributed by atoms with Crippen molar-refractivity contribution in [1.29, 1.82) is 0 Å². The van der Waals surface area contributed by atoms with E-state index in [1.54, 1.807) is 13.2 Å². The molecule has 1 N–H and O–H groups in total. The molecule has 1 aliphatic rings. The molecule has 5 nitrogen and oxygen atoms in total. The molecule has 2 heterocycles. The van der Waals surface area contributed by atoms with Gasteiger partial charge in [-0.2, -0.15) is 4.98 Å². The second kappa shape index (κ2) is 4.75. The highest BCUT2D eigenvalue weighted by Crippen LogP contribution is 2.30. The number of nitrogens with zero attached hydrogens (tertiary/aromatic N) is 2. The smallest absolute Gasteiger partial charge is 0.232 e. The van der Waals surface area contributed by atoms with E-state index in [9.17, 15) is 0 Å². The summed E-state index contributed by atoms with van der Waals surface area (Å²) in [4.78, 5) is 4.42. The minimum Gasteiger partial charge on any atom is -0.496 e. The molecule has 1 aromatic heterocycles. The average Bonchev–Trinajstić information content (AvgIpc) is 2.85. The van der Waals surface area contributed by atoms with E-state index < -0.39 is 0 Å². The number of terminal acetylenes is 1. The monoisotopic (exact) mass is 255 g/mol. The molecule has 0 unspecified atom stereocenters. The molecular weight excluding hydrogens is 242 g/mol. The van der Waals surface area contributed by atoms with Crippen LogP contribution in [-0.2, 0) is 0 Å². The molecular formula is C14H13N3O2. The summed E-state index contributed by atoms with van der Waals surface area (Å²) in [5.41, 5.74) is 1.54. The summed E-state index contributed by atoms with van der Waals surface area (Å²) in [6.07, 6.45) is 5.37. The molecule has 5 heteroatoms. The van der Waals surface area contributed by atoms with Crippen LogP contribution in [0, 0.1) is 12.3 Å². The molecule has 3 rings (SSSR count). The van der Waals surface area contributed by atoms with E-state index in [2.05, 4.69) is 21.4 Å². The van der Waals surface area contributed by atoms with E-state index in [1.807, 2.05) is 12.1 Å². The summed E-state index contributed by atoms with van der Waals surface area (Å²) in [5.74, 6) is 4.73. The molecule has 19 heavy (non-hydrogen) atoms. The van der Waals surface area contributed by atoms with E-state index >= 15 is 0 Å². The van der Waals surface area contributed by atoms with Crippen molar-refractivity contribution in [3.05, 3.63) is 29.7 Å². The fraction of sp³-hybridized carbons (Fsp3) is 0.286. The normalized spacial score (nSPS) is 14.7. The maximum Gasteiger partial charge on any atom is 0.232 e. The third-order valence-corrected chi connectivity index (χ3v) is 3.18. The first-order valence-electron chi connectivity index (χ1n) is 6.01. The summed E-state index contributed by atoms with van der Waals surface area (Å²) >= 11 is 0. The number of hydrogen-bond donors (Lipinski definition) is 1. The molecule has 2 aromatic rings. The van der Waals surface area contributed by atoms with Crippen LogP contribution in [0.15, 0.2) is 22.7 Å². The Labute approximate surface area is 111 Å². The van der Waals surface area contributed by atoms with Crippen molar-refractivity contribution in [1.82, 2.24) is 15.5 Å². The van der Waals surface area contributed by atoms with Gasteiger partial charge in [0.05, 0.1) is 18.6 Å². The Morgan fingerprint density at radius 2 is 2.32 bits per heavy atom. The molecule has 0 amide bonds. The Hall–Kier alpha value is -2.32. The van der Waals surface area contributed by atoms with Crippen molar-refractivity contribution in [2.45, 2.75) is 5.92 Å². The Kier molecular flexibility index (Phi) is 2.94. The van der Waals surface area contributed by atoms with E-state index in [1.165, 1.54) is 0 Å². The minimum absolute atomic E-state index is 0.317. The first-order valence-corrected chi connectivity index (χ1v) is 6.01. The van der Waals surface area contributed by atoms with Crippen molar-refractivity contribution < 1.29 is 9.26 Å². The third-order valence-electron chi connectivity index (χ3n) is 3.18. The van der Waals surface area contributed by atoms with Gasteiger partial charge >= 0.3 is 0 Å². The molecule has 0 bridgehead atoms. The van der Waals surface area contributed by atoms with Crippen LogP contribution < -0.4 is 10.1 Å². The van der Waals surface area contributed by atoms with Crippen molar-refractivity contribution >= 4 is 0 Å². The summed E-state index contributed by atoms with van der Waals surface area (Å²) in [5, 5.41) is 7.18. The van der Waals surface area contributed by atoms with Crippen LogP contribution in [0.4, 0.5) is 0 Å². The van der Waals surface area contributed by atoms with Gasteiger partial charge in [0, 0.05) is 18.7 Å². The van der Waals surface area contributed by atoms with Crippen molar-refractivity contribution in [2.24, 2.45) is 0 Å². The highest BCUT2D eigenvalue weighted by molar-refractivity contribution is 5.65. The topological polar surface area (TPSA) is 60.2 Å². The van der Waals surface area contributed by atoms with Crippen LogP contribution in [0.5, 0.6) is 5.75 Å². The lowest BCUT2D eigenvalue weighted by Crippen LogP contribution is -2.40. The summed E-state index contributed by atoms with van der Waals surface area (Å²) in [6, 6.07) is 5.47. The van der Waals surface area contributed by atoms with E-state index in [0.717, 1.165) is 24.2 Å². The van der Waals surface area contributed by atoms with E-state index in [4.69, 9.17) is 15.7 Å². The van der Waals surface area contributed by atoms with Crippen molar-refractivity contribution in [3.63, 3.8) is 0 Å². The summed E-state index contributed by atoms with van der Waals surface area (Å²) < 4.78 is 10.6. The van der Waals surface area contributed by atoms with Gasteiger partial charge in [0.2, 0.25) is 11.7 Å². The zero-order valence-electron chi connectivity index (χ0n) is 10.5. The first-order chi connectivity index (χ1) is 9.31. The van der Waals surface area contributed by atoms with Gasteiger partial charge in [0.1, 0.15) is 5.75 Å². The van der Waals surface area contributed by atoms with Gasteiger partial charge in [-0.15, -0.1) is 6.42 Å². The molecule has 0 saturated carbocycles. The average molecular weight is 255 g/mol. The predicted octanol–water partition coefficient (Wildman–Crippen LogP) is 1.41. The van der Waals surface area contributed by atoms with Crippen molar-refractivity contribution in [3.8, 4) is 29.5 Å². The Morgan fingerprint density at radius 3 is 2.95 bits per heavy atom. The number of rotatable bonds is 3. The quantitative estimate of drug-likeness (QED) is 0.840. The van der Waals surface area contributed by atoms with Gasteiger partial charge in [-0.1, -0.05) is 11.1 Å². The lowest BCUT2D eigenvalue weighted by Gasteiger charge is -2.22. The minimum atomic E-state index is 0.317. The largest absolute Gasteiger partial charge is 0.496 e. The van der Waals surface area contributed by atoms with Crippen LogP contribution in [-0.4, -0.2) is 30.3 Å². The summed E-state index contributed by atoms with van der Waals surface area (Å²) in [6.45, 7) is 1.77.